The number of aliphatic hydroxyl groups is 1. The van der Waals surface area contributed by atoms with Crippen LogP contribution >= 0.6 is 0 Å². The van der Waals surface area contributed by atoms with Crippen LogP contribution in [-0.2, 0) is 36.5 Å². The lowest BCUT2D eigenvalue weighted by atomic mass is 9.92. The molecule has 2 atom stereocenters. The first-order valence-electron chi connectivity index (χ1n) is 11.6. The minimum atomic E-state index is -6.08. The molecule has 2 unspecified atom stereocenters. The molecule has 220 valence electrons. The van der Waals surface area contributed by atoms with Crippen LogP contribution in [0.25, 0.3) is 0 Å². The van der Waals surface area contributed by atoms with E-state index < -0.39 is 57.5 Å². The summed E-state index contributed by atoms with van der Waals surface area (Å²) in [7, 11) is -1.38. The topological polar surface area (TPSA) is 125 Å². The van der Waals surface area contributed by atoms with Crippen LogP contribution in [0.1, 0.15) is 36.1 Å². The van der Waals surface area contributed by atoms with Crippen molar-refractivity contribution in [2.75, 3.05) is 19.5 Å². The Morgan fingerprint density at radius 2 is 1.65 bits per heavy atom. The van der Waals surface area contributed by atoms with Crippen molar-refractivity contribution in [3.8, 4) is 0 Å². The molecule has 2 amide bonds. The Balaban J connectivity index is 1.99. The van der Waals surface area contributed by atoms with Crippen LogP contribution < -0.4 is 10.0 Å². The zero-order chi connectivity index (χ0) is 30.3. The van der Waals surface area contributed by atoms with E-state index in [1.807, 2.05) is 0 Å². The third-order valence-electron chi connectivity index (χ3n) is 6.49. The van der Waals surface area contributed by atoms with Crippen LogP contribution in [0.2, 0.25) is 0 Å². The molecular formula is C24H25F6N3O6S. The van der Waals surface area contributed by atoms with Crippen molar-refractivity contribution in [3.63, 3.8) is 0 Å². The van der Waals surface area contributed by atoms with Gasteiger partial charge in [-0.2, -0.15) is 26.3 Å². The predicted octanol–water partition coefficient (Wildman–Crippen LogP) is 3.35. The molecule has 0 bridgehead atoms. The van der Waals surface area contributed by atoms with E-state index in [1.165, 1.54) is 32.4 Å². The highest BCUT2D eigenvalue weighted by Crippen LogP contribution is 2.50. The maximum absolute atomic E-state index is 13.3. The van der Waals surface area contributed by atoms with E-state index in [2.05, 4.69) is 10.0 Å². The average molecular weight is 598 g/mol. The maximum atomic E-state index is 13.3. The number of hydrogen-bond acceptors (Lipinski definition) is 6. The molecule has 0 saturated heterocycles. The predicted molar refractivity (Wildman–Crippen MR) is 128 cm³/mol. The van der Waals surface area contributed by atoms with Crippen molar-refractivity contribution < 1.29 is 54.2 Å². The highest BCUT2D eigenvalue weighted by molar-refractivity contribution is 7.89. The van der Waals surface area contributed by atoms with Crippen molar-refractivity contribution in [2.24, 2.45) is 0 Å². The fourth-order valence-corrected chi connectivity index (χ4v) is 5.10. The van der Waals surface area contributed by atoms with E-state index in [0.29, 0.717) is 17.7 Å². The molecule has 0 radical (unpaired) electrons. The van der Waals surface area contributed by atoms with Crippen LogP contribution in [0.4, 0.5) is 32.0 Å². The second-order valence-electron chi connectivity index (χ2n) is 8.84. The van der Waals surface area contributed by atoms with Gasteiger partial charge in [0.1, 0.15) is 12.1 Å². The number of carbonyl (C=O) groups is 2. The summed E-state index contributed by atoms with van der Waals surface area (Å²) in [4.78, 5) is 27.5. The Labute approximate surface area is 225 Å². The van der Waals surface area contributed by atoms with Crippen LogP contribution in [0.15, 0.2) is 47.4 Å². The largest absolute Gasteiger partial charge is 0.430 e. The molecule has 3 rings (SSSR count). The van der Waals surface area contributed by atoms with Gasteiger partial charge >= 0.3 is 12.4 Å². The molecule has 0 aromatic heterocycles. The van der Waals surface area contributed by atoms with Gasteiger partial charge in [-0.05, 0) is 48.9 Å². The lowest BCUT2D eigenvalue weighted by molar-refractivity contribution is -0.376. The minimum Gasteiger partial charge on any atom is -0.372 e. The molecule has 3 N–H and O–H groups in total. The number of methoxy groups -OCH3 is 1. The third kappa shape index (κ3) is 5.53. The number of anilines is 1. The van der Waals surface area contributed by atoms with Gasteiger partial charge in [-0.1, -0.05) is 25.1 Å². The molecule has 0 saturated carbocycles. The van der Waals surface area contributed by atoms with Crippen LogP contribution in [0.5, 0.6) is 0 Å². The molecule has 2 aromatic rings. The van der Waals surface area contributed by atoms with E-state index >= 15 is 0 Å². The number of alkyl halides is 6. The van der Waals surface area contributed by atoms with Gasteiger partial charge in [-0.3, -0.25) is 9.59 Å². The highest BCUT2D eigenvalue weighted by Gasteiger charge is 2.71. The Kier molecular flexibility index (Phi) is 8.60. The van der Waals surface area contributed by atoms with Crippen LogP contribution in [-0.4, -0.2) is 62.9 Å². The summed E-state index contributed by atoms with van der Waals surface area (Å²) in [5.41, 5.74) is -6.30. The Bertz CT molecular complexity index is 1360. The quantitative estimate of drug-likeness (QED) is 0.401. The Morgan fingerprint density at radius 3 is 2.12 bits per heavy atom. The number of sulfonamides is 1. The number of fused-ring (bicyclic) bond motifs is 1. The second-order valence-corrected chi connectivity index (χ2v) is 10.7. The fourth-order valence-electron chi connectivity index (χ4n) is 4.32. The number of benzene rings is 2. The second kappa shape index (κ2) is 11.0. The van der Waals surface area contributed by atoms with Gasteiger partial charge in [0, 0.05) is 24.9 Å². The Hall–Kier alpha value is -3.21. The lowest BCUT2D eigenvalue weighted by Gasteiger charge is -2.32. The van der Waals surface area contributed by atoms with Crippen molar-refractivity contribution in [2.45, 2.75) is 54.9 Å². The molecule has 1 heterocycles. The van der Waals surface area contributed by atoms with E-state index in [4.69, 9.17) is 4.74 Å². The number of nitrogens with one attached hydrogen (secondary N) is 2. The summed E-state index contributed by atoms with van der Waals surface area (Å²) >= 11 is 0. The monoisotopic (exact) mass is 597 g/mol. The fraction of sp³-hybridized carbons (Fsp3) is 0.417. The molecule has 16 heteroatoms. The zero-order valence-electron chi connectivity index (χ0n) is 21.2. The van der Waals surface area contributed by atoms with Crippen molar-refractivity contribution in [1.82, 2.24) is 9.62 Å². The summed E-state index contributed by atoms with van der Waals surface area (Å²) in [6.07, 6.45) is -12.9. The number of hydrogen-bond donors (Lipinski definition) is 3. The summed E-state index contributed by atoms with van der Waals surface area (Å²) in [6.45, 7) is 1.48. The molecule has 9 nitrogen and oxygen atoms in total. The molecule has 1 aliphatic heterocycles. The first kappa shape index (κ1) is 31.3. The number of amides is 2. The minimum absolute atomic E-state index is 0.126. The molecule has 1 aliphatic rings. The first-order chi connectivity index (χ1) is 18.4. The summed E-state index contributed by atoms with van der Waals surface area (Å²) in [6, 6.07) is 4.72. The van der Waals surface area contributed by atoms with Gasteiger partial charge in [0.05, 0.1) is 4.90 Å². The van der Waals surface area contributed by atoms with Gasteiger partial charge in [0.25, 0.3) is 17.4 Å². The lowest BCUT2D eigenvalue weighted by Crippen LogP contribution is -2.53. The summed E-state index contributed by atoms with van der Waals surface area (Å²) < 4.78 is 111. The Morgan fingerprint density at radius 1 is 1.07 bits per heavy atom. The van der Waals surface area contributed by atoms with E-state index in [9.17, 15) is 49.5 Å². The van der Waals surface area contributed by atoms with Gasteiger partial charge in [0.15, 0.2) is 0 Å². The first-order valence-corrected chi connectivity index (χ1v) is 13.1. The van der Waals surface area contributed by atoms with Crippen LogP contribution in [0, 0.1) is 0 Å². The van der Waals surface area contributed by atoms with Crippen LogP contribution in [0.3, 0.4) is 0 Å². The molecule has 2 aromatic carbocycles. The standard InChI is InChI=1S/C24H25F6N3O6S/c1-4-18(39-3)21(35)33-12-13-11-16(40(37,38)31-2)9-10-17(13)19(33)20(34)32-15-7-5-14(6-8-15)22(36,23(25,26)27)24(28,29)30/h5-11,18-19,31,36H,4,12H2,1-3H3,(H,32,34). The van der Waals surface area contributed by atoms with E-state index in [-0.39, 0.29) is 29.1 Å². The number of carbonyl (C=O) groups excluding carboxylic acids is 2. The normalized spacial score (nSPS) is 16.9. The molecule has 0 spiro atoms. The third-order valence-corrected chi connectivity index (χ3v) is 7.91. The van der Waals surface area contributed by atoms with Crippen molar-refractivity contribution in [3.05, 3.63) is 59.2 Å². The van der Waals surface area contributed by atoms with Gasteiger partial charge in [-0.15, -0.1) is 0 Å². The van der Waals surface area contributed by atoms with Gasteiger partial charge < -0.3 is 20.1 Å². The number of halogens is 6. The zero-order valence-corrected chi connectivity index (χ0v) is 22.0. The molecule has 40 heavy (non-hydrogen) atoms. The maximum Gasteiger partial charge on any atom is 0.430 e. The van der Waals surface area contributed by atoms with Crippen molar-refractivity contribution in [1.29, 1.82) is 0 Å². The smallest absolute Gasteiger partial charge is 0.372 e. The highest BCUT2D eigenvalue weighted by atomic mass is 32.2. The summed E-state index contributed by atoms with van der Waals surface area (Å²) in [5, 5.41) is 11.9. The SMILES string of the molecule is CCC(OC)C(=O)N1Cc2cc(S(=O)(=O)NC)ccc2C1C(=O)Nc1ccc(C(O)(C(F)(F)F)C(F)(F)F)cc1. The van der Waals surface area contributed by atoms with Gasteiger partial charge in [-0.25, -0.2) is 13.1 Å². The average Bonchev–Trinajstić information content (AvgIpc) is 3.27. The van der Waals surface area contributed by atoms with E-state index in [1.54, 1.807) is 6.92 Å². The number of rotatable bonds is 8. The van der Waals surface area contributed by atoms with E-state index in [0.717, 1.165) is 17.0 Å². The van der Waals surface area contributed by atoms with Gasteiger partial charge in [0.2, 0.25) is 10.0 Å². The van der Waals surface area contributed by atoms with Crippen molar-refractivity contribution >= 4 is 27.5 Å². The summed E-state index contributed by atoms with van der Waals surface area (Å²) in [5.74, 6) is -1.48. The molecule has 0 fully saturated rings. The molecule has 0 aliphatic carbocycles. The number of nitrogens with zero attached hydrogens (tertiary/aromatic N) is 1. The number of ether oxygens (including phenoxy) is 1. The molecular weight excluding hydrogens is 572 g/mol.